The summed E-state index contributed by atoms with van der Waals surface area (Å²) >= 11 is 0. The van der Waals surface area contributed by atoms with Gasteiger partial charge >= 0.3 is 18.1 Å². The summed E-state index contributed by atoms with van der Waals surface area (Å²) in [7, 11) is 0. The van der Waals surface area contributed by atoms with Gasteiger partial charge in [-0.15, -0.1) is 0 Å². The van der Waals surface area contributed by atoms with E-state index in [-0.39, 0.29) is 42.6 Å². The first kappa shape index (κ1) is 49.9. The lowest BCUT2D eigenvalue weighted by atomic mass is 9.84. The highest BCUT2D eigenvalue weighted by Crippen LogP contribution is 2.40. The molecule has 9 N–H and O–H groups in total. The molecule has 20 heteroatoms. The Kier molecular flexibility index (Phi) is 18.3. The van der Waals surface area contributed by atoms with Gasteiger partial charge in [-0.1, -0.05) is 51.1 Å². The van der Waals surface area contributed by atoms with Crippen LogP contribution < -0.4 is 22.1 Å². The van der Waals surface area contributed by atoms with Crippen LogP contribution in [0.1, 0.15) is 83.1 Å². The summed E-state index contributed by atoms with van der Waals surface area (Å²) in [4.78, 5) is 66.4. The summed E-state index contributed by atoms with van der Waals surface area (Å²) in [6.07, 6.45) is -0.692. The number of unbranched alkanes of at least 4 members (excludes halogenated alkanes) is 1. The number of rotatable bonds is 18. The second-order valence-electron chi connectivity index (χ2n) is 15.8. The predicted octanol–water partition coefficient (Wildman–Crippen LogP) is 4.12. The number of nitrogens with zero attached hydrogens (tertiary/aromatic N) is 3. The molecule has 0 spiro atoms. The normalized spacial score (nSPS) is 16.7. The zero-order valence-corrected chi connectivity index (χ0v) is 34.1. The standard InChI is InChI=1S/C39H53F2N7O6.C2HF3O2/c1-39(2,3)34(35-45-32(28-20-26(40)13-15-29(28)41)22-47(35)21-24-9-5-4-6-10-24)48(33(50)23-49)18-16-30(43)37(52)44-27-14-12-25(19-27)36(51)46-31(38(53)54)11-7-8-17-42;3-2(4,5)1(6)7/h4-6,9-10,13,15,20,22,25,27,30-31,34,49H,7-8,11-12,14,16-19,21,23,42-43H2,1-3H3,(H,44,52)(H,46,51)(H,53,54);(H,6,7)/t25-,27+,30+,31+,34+;/m1./s1. The fourth-order valence-corrected chi connectivity index (χ4v) is 6.97. The van der Waals surface area contributed by atoms with E-state index in [1.54, 1.807) is 10.8 Å². The highest BCUT2D eigenvalue weighted by molar-refractivity contribution is 5.86. The number of imidazole rings is 1. The van der Waals surface area contributed by atoms with Crippen LogP contribution in [0.4, 0.5) is 22.0 Å². The van der Waals surface area contributed by atoms with Crippen molar-refractivity contribution in [3.05, 3.63) is 77.8 Å². The Balaban J connectivity index is 0.00000130. The van der Waals surface area contributed by atoms with Gasteiger partial charge in [0.25, 0.3) is 0 Å². The molecule has 4 rings (SSSR count). The van der Waals surface area contributed by atoms with Crippen molar-refractivity contribution >= 4 is 29.7 Å². The third-order valence-electron chi connectivity index (χ3n) is 10.0. The van der Waals surface area contributed by atoms with Crippen molar-refractivity contribution < 1.29 is 61.2 Å². The first-order valence-electron chi connectivity index (χ1n) is 19.6. The molecule has 2 aromatic carbocycles. The Morgan fingerprint density at radius 2 is 1.64 bits per heavy atom. The summed E-state index contributed by atoms with van der Waals surface area (Å²) in [6, 6.07) is 9.29. The fraction of sp³-hybridized carbons (Fsp3) is 0.512. The van der Waals surface area contributed by atoms with E-state index in [0.717, 1.165) is 23.8 Å². The maximum Gasteiger partial charge on any atom is 0.490 e. The Morgan fingerprint density at radius 1 is 0.984 bits per heavy atom. The summed E-state index contributed by atoms with van der Waals surface area (Å²) in [6.45, 7) is 5.50. The molecule has 0 bridgehead atoms. The Hall–Kier alpha value is -5.47. The van der Waals surface area contributed by atoms with Crippen molar-refractivity contribution in [3.63, 3.8) is 0 Å². The minimum atomic E-state index is -5.08. The van der Waals surface area contributed by atoms with Gasteiger partial charge in [0.1, 0.15) is 30.1 Å². The van der Waals surface area contributed by atoms with Crippen molar-refractivity contribution in [2.75, 3.05) is 19.7 Å². The van der Waals surface area contributed by atoms with Gasteiger partial charge in [-0.25, -0.2) is 23.4 Å². The van der Waals surface area contributed by atoms with Gasteiger partial charge in [-0.3, -0.25) is 14.4 Å². The van der Waals surface area contributed by atoms with Crippen molar-refractivity contribution in [1.82, 2.24) is 25.1 Å². The summed E-state index contributed by atoms with van der Waals surface area (Å²) in [5.74, 6) is -6.78. The second-order valence-corrected chi connectivity index (χ2v) is 15.8. The molecule has 1 aromatic heterocycles. The molecule has 0 saturated heterocycles. The number of halogens is 5. The number of aliphatic hydroxyl groups is 1. The molecule has 61 heavy (non-hydrogen) atoms. The van der Waals surface area contributed by atoms with Gasteiger partial charge in [-0.2, -0.15) is 13.2 Å². The van der Waals surface area contributed by atoms with Gasteiger partial charge in [0.05, 0.1) is 17.8 Å². The SMILES string of the molecule is CC(C)(C)[C@H](c1nc(-c2cc(F)ccc2F)cn1Cc1ccccc1)N(CC[C@H](N)C(=O)N[C@H]1CC[C@@H](C(=O)N[C@@H](CCCCN)C(=O)O)C1)C(=O)CO.O=C(O)C(F)(F)F. The summed E-state index contributed by atoms with van der Waals surface area (Å²) in [5.41, 5.74) is 12.2. The van der Waals surface area contributed by atoms with Crippen LogP contribution in [-0.2, 0) is 30.5 Å². The number of nitrogens with two attached hydrogens (primary N) is 2. The summed E-state index contributed by atoms with van der Waals surface area (Å²) in [5, 5.41) is 32.3. The van der Waals surface area contributed by atoms with Gasteiger partial charge in [-0.05, 0) is 80.7 Å². The van der Waals surface area contributed by atoms with Crippen molar-refractivity contribution in [2.45, 2.75) is 103 Å². The average Bonchev–Trinajstić information content (AvgIpc) is 3.83. The lowest BCUT2D eigenvalue weighted by molar-refractivity contribution is -0.192. The number of carbonyl (C=O) groups is 5. The number of carbonyl (C=O) groups excluding carboxylic acids is 3. The molecule has 1 aliphatic rings. The molecule has 0 radical (unpaired) electrons. The number of alkyl halides is 3. The van der Waals surface area contributed by atoms with Crippen LogP contribution in [-0.4, -0.2) is 103 Å². The fourth-order valence-electron chi connectivity index (χ4n) is 6.97. The van der Waals surface area contributed by atoms with Gasteiger partial charge in [0.15, 0.2) is 0 Å². The van der Waals surface area contributed by atoms with E-state index in [0.29, 0.717) is 51.0 Å². The molecule has 1 heterocycles. The number of carboxylic acids is 2. The molecule has 0 aliphatic heterocycles. The molecule has 0 unspecified atom stereocenters. The van der Waals surface area contributed by atoms with Crippen LogP contribution in [0, 0.1) is 23.0 Å². The minimum Gasteiger partial charge on any atom is -0.480 e. The predicted molar refractivity (Wildman–Crippen MR) is 212 cm³/mol. The molecule has 15 nitrogen and oxygen atoms in total. The first-order chi connectivity index (χ1) is 28.6. The molecule has 3 aromatic rings. The maximum absolute atomic E-state index is 15.0. The zero-order chi connectivity index (χ0) is 45.7. The minimum absolute atomic E-state index is 0.00859. The van der Waals surface area contributed by atoms with Crippen LogP contribution in [0.15, 0.2) is 54.7 Å². The van der Waals surface area contributed by atoms with E-state index in [4.69, 9.17) is 26.4 Å². The highest BCUT2D eigenvalue weighted by atomic mass is 19.4. The zero-order valence-electron chi connectivity index (χ0n) is 34.1. The molecular weight excluding hydrogens is 813 g/mol. The third-order valence-corrected chi connectivity index (χ3v) is 10.0. The van der Waals surface area contributed by atoms with E-state index in [1.165, 1.54) is 4.90 Å². The van der Waals surface area contributed by atoms with Gasteiger partial charge in [0.2, 0.25) is 17.7 Å². The number of hydrogen-bond donors (Lipinski definition) is 7. The van der Waals surface area contributed by atoms with Crippen LogP contribution >= 0.6 is 0 Å². The molecule has 5 atom stereocenters. The number of aliphatic carboxylic acids is 2. The van der Waals surface area contributed by atoms with E-state index < -0.39 is 77.6 Å². The third kappa shape index (κ3) is 14.9. The topological polar surface area (TPSA) is 243 Å². The average molecular weight is 868 g/mol. The Labute approximate surface area is 349 Å². The summed E-state index contributed by atoms with van der Waals surface area (Å²) < 4.78 is 62.8. The van der Waals surface area contributed by atoms with Crippen LogP contribution in [0.3, 0.4) is 0 Å². The number of nitrogens with one attached hydrogen (secondary N) is 2. The van der Waals surface area contributed by atoms with Crippen LogP contribution in [0.25, 0.3) is 11.3 Å². The number of amides is 3. The van der Waals surface area contributed by atoms with E-state index in [9.17, 15) is 47.0 Å². The largest absolute Gasteiger partial charge is 0.490 e. The molecular formula is C41H54F5N7O8. The first-order valence-corrected chi connectivity index (χ1v) is 19.6. The number of aromatic nitrogens is 2. The molecule has 1 fully saturated rings. The van der Waals surface area contributed by atoms with Crippen LogP contribution in [0.2, 0.25) is 0 Å². The maximum atomic E-state index is 15.0. The van der Waals surface area contributed by atoms with Crippen LogP contribution in [0.5, 0.6) is 0 Å². The number of hydrogen-bond acceptors (Lipinski definition) is 9. The highest BCUT2D eigenvalue weighted by Gasteiger charge is 2.40. The number of aliphatic hydroxyl groups excluding tert-OH is 1. The number of carboxylic acid groups (broad SMARTS) is 2. The lowest BCUT2D eigenvalue weighted by Gasteiger charge is -2.40. The van der Waals surface area contributed by atoms with E-state index in [2.05, 4.69) is 10.6 Å². The monoisotopic (exact) mass is 867 g/mol. The molecule has 336 valence electrons. The van der Waals surface area contributed by atoms with E-state index in [1.807, 2.05) is 51.1 Å². The quantitative estimate of drug-likeness (QED) is 0.0709. The molecule has 1 saturated carbocycles. The Bertz CT molecular complexity index is 1960. The molecule has 3 amide bonds. The van der Waals surface area contributed by atoms with E-state index >= 15 is 4.39 Å². The second kappa shape index (κ2) is 22.4. The van der Waals surface area contributed by atoms with Crippen molar-refractivity contribution in [3.8, 4) is 11.3 Å². The van der Waals surface area contributed by atoms with Gasteiger partial charge < -0.3 is 46.9 Å². The van der Waals surface area contributed by atoms with Crippen molar-refractivity contribution in [1.29, 1.82) is 0 Å². The smallest absolute Gasteiger partial charge is 0.480 e. The van der Waals surface area contributed by atoms with Gasteiger partial charge in [0, 0.05) is 36.8 Å². The lowest BCUT2D eigenvalue weighted by Crippen LogP contribution is -2.49. The van der Waals surface area contributed by atoms with Crippen molar-refractivity contribution in [2.24, 2.45) is 22.8 Å². The molecule has 1 aliphatic carbocycles. The number of benzene rings is 2. The Morgan fingerprint density at radius 3 is 2.21 bits per heavy atom.